The third-order valence-electron chi connectivity index (χ3n) is 4.07. The van der Waals surface area contributed by atoms with Crippen LogP contribution < -0.4 is 0 Å². The highest BCUT2D eigenvalue weighted by atomic mass is 16.6. The van der Waals surface area contributed by atoms with Gasteiger partial charge in [0.1, 0.15) is 5.60 Å². The first kappa shape index (κ1) is 14.9. The van der Waals surface area contributed by atoms with Gasteiger partial charge in [-0.15, -0.1) is 0 Å². The van der Waals surface area contributed by atoms with E-state index in [0.717, 1.165) is 0 Å². The molecule has 0 aliphatic carbocycles. The Morgan fingerprint density at radius 1 is 1.18 bits per heavy atom. The van der Waals surface area contributed by atoms with E-state index < -0.39 is 5.60 Å². The molecule has 3 heterocycles. The topological polar surface area (TPSA) is 75.9 Å². The maximum Gasteiger partial charge on any atom is 0.410 e. The van der Waals surface area contributed by atoms with Crippen molar-refractivity contribution in [3.8, 4) is 0 Å². The molecule has 7 heteroatoms. The predicted molar refractivity (Wildman–Crippen MR) is 77.2 cm³/mol. The molecule has 0 bridgehead atoms. The average Bonchev–Trinajstić information content (AvgIpc) is 3.11. The molecule has 0 N–H and O–H groups in total. The van der Waals surface area contributed by atoms with Crippen molar-refractivity contribution in [1.82, 2.24) is 14.8 Å². The van der Waals surface area contributed by atoms with Crippen LogP contribution in [0.25, 0.3) is 0 Å². The molecule has 22 heavy (non-hydrogen) atoms. The van der Waals surface area contributed by atoms with Gasteiger partial charge in [-0.2, -0.15) is 0 Å². The van der Waals surface area contributed by atoms with Crippen molar-refractivity contribution in [2.45, 2.75) is 26.4 Å². The second-order valence-corrected chi connectivity index (χ2v) is 6.98. The van der Waals surface area contributed by atoms with E-state index in [2.05, 4.69) is 4.98 Å². The standard InChI is InChI=1S/C15H21N3O4/c1-15(2,3)22-14(20)18-7-10-5-17(6-11(10)8-18)13(19)12-4-16-9-21-12/h4,9-11H,5-8H2,1-3H3. The zero-order valence-corrected chi connectivity index (χ0v) is 13.1. The van der Waals surface area contributed by atoms with Crippen molar-refractivity contribution < 1.29 is 18.7 Å². The van der Waals surface area contributed by atoms with Gasteiger partial charge in [0.2, 0.25) is 5.76 Å². The zero-order chi connectivity index (χ0) is 15.9. The van der Waals surface area contributed by atoms with Crippen LogP contribution in [-0.2, 0) is 4.74 Å². The maximum absolute atomic E-state index is 12.2. The molecule has 3 rings (SSSR count). The number of nitrogens with zero attached hydrogens (tertiary/aromatic N) is 3. The highest BCUT2D eigenvalue weighted by Crippen LogP contribution is 2.32. The van der Waals surface area contributed by atoms with Gasteiger partial charge in [0.15, 0.2) is 6.39 Å². The predicted octanol–water partition coefficient (Wildman–Crippen LogP) is 1.61. The number of likely N-dealkylation sites (tertiary alicyclic amines) is 2. The van der Waals surface area contributed by atoms with E-state index in [1.807, 2.05) is 20.8 Å². The molecule has 2 atom stereocenters. The lowest BCUT2D eigenvalue weighted by molar-refractivity contribution is 0.0275. The Labute approximate surface area is 129 Å². The van der Waals surface area contributed by atoms with Gasteiger partial charge in [0, 0.05) is 38.0 Å². The number of carbonyl (C=O) groups excluding carboxylic acids is 2. The van der Waals surface area contributed by atoms with Crippen LogP contribution in [0.2, 0.25) is 0 Å². The van der Waals surface area contributed by atoms with Crippen LogP contribution in [0.1, 0.15) is 31.3 Å². The highest BCUT2D eigenvalue weighted by Gasteiger charge is 2.44. The molecular formula is C15H21N3O4. The number of hydrogen-bond acceptors (Lipinski definition) is 5. The molecule has 2 fully saturated rings. The molecule has 120 valence electrons. The number of rotatable bonds is 1. The Bertz CT molecular complexity index is 550. The lowest BCUT2D eigenvalue weighted by atomic mass is 10.0. The molecule has 0 aromatic carbocycles. The molecular weight excluding hydrogens is 286 g/mol. The van der Waals surface area contributed by atoms with Crippen molar-refractivity contribution in [2.75, 3.05) is 26.2 Å². The number of amides is 2. The van der Waals surface area contributed by atoms with E-state index in [0.29, 0.717) is 38.0 Å². The molecule has 0 saturated carbocycles. The summed E-state index contributed by atoms with van der Waals surface area (Å²) in [5, 5.41) is 0. The Hall–Kier alpha value is -2.05. The molecule has 2 saturated heterocycles. The number of fused-ring (bicyclic) bond motifs is 1. The van der Waals surface area contributed by atoms with E-state index in [9.17, 15) is 9.59 Å². The second kappa shape index (κ2) is 5.30. The Balaban J connectivity index is 1.56. The lowest BCUT2D eigenvalue weighted by Crippen LogP contribution is -2.38. The van der Waals surface area contributed by atoms with E-state index in [1.165, 1.54) is 12.6 Å². The fourth-order valence-corrected chi connectivity index (χ4v) is 3.11. The van der Waals surface area contributed by atoms with Gasteiger partial charge >= 0.3 is 6.09 Å². The number of hydrogen-bond donors (Lipinski definition) is 0. The summed E-state index contributed by atoms with van der Waals surface area (Å²) in [4.78, 5) is 31.6. The van der Waals surface area contributed by atoms with Crippen LogP contribution in [-0.4, -0.2) is 58.6 Å². The van der Waals surface area contributed by atoms with E-state index in [-0.39, 0.29) is 17.8 Å². The molecule has 2 unspecified atom stereocenters. The van der Waals surface area contributed by atoms with Crippen LogP contribution in [0, 0.1) is 11.8 Å². The molecule has 2 aliphatic heterocycles. The first-order chi connectivity index (χ1) is 10.3. The second-order valence-electron chi connectivity index (χ2n) is 6.98. The van der Waals surface area contributed by atoms with Crippen molar-refractivity contribution >= 4 is 12.0 Å². The van der Waals surface area contributed by atoms with Crippen molar-refractivity contribution in [3.63, 3.8) is 0 Å². The SMILES string of the molecule is CC(C)(C)OC(=O)N1CC2CN(C(=O)c3cnco3)CC2C1. The highest BCUT2D eigenvalue weighted by molar-refractivity contribution is 5.91. The van der Waals surface area contributed by atoms with E-state index in [4.69, 9.17) is 9.15 Å². The third kappa shape index (κ3) is 2.93. The van der Waals surface area contributed by atoms with Crippen LogP contribution in [0.3, 0.4) is 0 Å². The zero-order valence-electron chi connectivity index (χ0n) is 13.1. The normalized spacial score (nSPS) is 24.5. The van der Waals surface area contributed by atoms with Crippen molar-refractivity contribution in [3.05, 3.63) is 18.4 Å². The Kier molecular flexibility index (Phi) is 3.58. The molecule has 2 aliphatic rings. The molecule has 0 spiro atoms. The van der Waals surface area contributed by atoms with Gasteiger partial charge in [0.05, 0.1) is 6.20 Å². The smallest absolute Gasteiger partial charge is 0.410 e. The molecule has 1 aromatic heterocycles. The first-order valence-corrected chi connectivity index (χ1v) is 7.49. The summed E-state index contributed by atoms with van der Waals surface area (Å²) in [6, 6.07) is 0. The fraction of sp³-hybridized carbons (Fsp3) is 0.667. The van der Waals surface area contributed by atoms with Gasteiger partial charge < -0.3 is 19.0 Å². The quantitative estimate of drug-likeness (QED) is 0.788. The first-order valence-electron chi connectivity index (χ1n) is 7.49. The monoisotopic (exact) mass is 307 g/mol. The van der Waals surface area contributed by atoms with Crippen LogP contribution in [0.15, 0.2) is 17.0 Å². The summed E-state index contributed by atoms with van der Waals surface area (Å²) in [6.45, 7) is 8.14. The van der Waals surface area contributed by atoms with Crippen molar-refractivity contribution in [2.24, 2.45) is 11.8 Å². The molecule has 7 nitrogen and oxygen atoms in total. The minimum absolute atomic E-state index is 0.129. The third-order valence-corrected chi connectivity index (χ3v) is 4.07. The maximum atomic E-state index is 12.2. The Morgan fingerprint density at radius 3 is 2.27 bits per heavy atom. The van der Waals surface area contributed by atoms with Crippen molar-refractivity contribution in [1.29, 1.82) is 0 Å². The molecule has 1 aromatic rings. The Morgan fingerprint density at radius 2 is 1.77 bits per heavy atom. The summed E-state index contributed by atoms with van der Waals surface area (Å²) in [5.41, 5.74) is -0.483. The summed E-state index contributed by atoms with van der Waals surface area (Å²) in [5.74, 6) is 0.749. The number of carbonyl (C=O) groups is 2. The summed E-state index contributed by atoms with van der Waals surface area (Å²) in [6.07, 6.45) is 2.42. The minimum atomic E-state index is -0.483. The minimum Gasteiger partial charge on any atom is -0.444 e. The van der Waals surface area contributed by atoms with Gasteiger partial charge in [-0.25, -0.2) is 9.78 Å². The van der Waals surface area contributed by atoms with E-state index >= 15 is 0 Å². The molecule has 0 radical (unpaired) electrons. The number of aromatic nitrogens is 1. The van der Waals surface area contributed by atoms with Crippen LogP contribution in [0.5, 0.6) is 0 Å². The average molecular weight is 307 g/mol. The number of oxazole rings is 1. The fourth-order valence-electron chi connectivity index (χ4n) is 3.11. The summed E-state index contributed by atoms with van der Waals surface area (Å²) < 4.78 is 10.5. The number of ether oxygens (including phenoxy) is 1. The molecule has 2 amide bonds. The van der Waals surface area contributed by atoms with Crippen LogP contribution in [0.4, 0.5) is 4.79 Å². The summed E-state index contributed by atoms with van der Waals surface area (Å²) in [7, 11) is 0. The van der Waals surface area contributed by atoms with E-state index in [1.54, 1.807) is 9.80 Å². The summed E-state index contributed by atoms with van der Waals surface area (Å²) >= 11 is 0. The van der Waals surface area contributed by atoms with Gasteiger partial charge in [-0.3, -0.25) is 4.79 Å². The van der Waals surface area contributed by atoms with Gasteiger partial charge in [-0.05, 0) is 20.8 Å². The van der Waals surface area contributed by atoms with Crippen LogP contribution >= 0.6 is 0 Å². The lowest BCUT2D eigenvalue weighted by Gasteiger charge is -2.25. The largest absolute Gasteiger partial charge is 0.444 e. The van der Waals surface area contributed by atoms with Gasteiger partial charge in [0.25, 0.3) is 5.91 Å². The van der Waals surface area contributed by atoms with Gasteiger partial charge in [-0.1, -0.05) is 0 Å².